The van der Waals surface area contributed by atoms with E-state index in [1.54, 1.807) is 12.1 Å². The molecule has 0 saturated heterocycles. The van der Waals surface area contributed by atoms with Gasteiger partial charge in [0, 0.05) is 15.4 Å². The molecule has 1 amide bonds. The van der Waals surface area contributed by atoms with Crippen LogP contribution >= 0.6 is 44.1 Å². The highest BCUT2D eigenvalue weighted by Crippen LogP contribution is 2.25. The van der Waals surface area contributed by atoms with Crippen LogP contribution in [0.1, 0.15) is 21.5 Å². The van der Waals surface area contributed by atoms with Crippen molar-refractivity contribution in [1.82, 2.24) is 5.32 Å². The van der Waals surface area contributed by atoms with Crippen molar-refractivity contribution < 1.29 is 9.53 Å². The van der Waals surface area contributed by atoms with Gasteiger partial charge < -0.3 is 10.1 Å². The maximum atomic E-state index is 12.8. The van der Waals surface area contributed by atoms with E-state index in [9.17, 15) is 4.79 Å². The number of aryl methyl sites for hydroxylation is 1. The summed E-state index contributed by atoms with van der Waals surface area (Å²) in [7, 11) is 0. The molecule has 0 saturated carbocycles. The highest BCUT2D eigenvalue weighted by atomic mass is 79.9. The molecule has 3 aromatic rings. The van der Waals surface area contributed by atoms with Crippen LogP contribution in [-0.2, 0) is 6.42 Å². The molecule has 0 radical (unpaired) electrons. The number of hydrogen-bond acceptors (Lipinski definition) is 3. The summed E-state index contributed by atoms with van der Waals surface area (Å²) in [5, 5.41) is 5.97. The van der Waals surface area contributed by atoms with E-state index in [4.69, 9.17) is 17.0 Å². The fourth-order valence-electron chi connectivity index (χ4n) is 2.77. The van der Waals surface area contributed by atoms with E-state index >= 15 is 0 Å². The Labute approximate surface area is 198 Å². The Balaban J connectivity index is 1.65. The van der Waals surface area contributed by atoms with E-state index in [1.165, 1.54) is 5.56 Å². The monoisotopic (exact) mass is 546 g/mol. The summed E-state index contributed by atoms with van der Waals surface area (Å²) in [6.45, 7) is 2.46. The lowest BCUT2D eigenvalue weighted by Crippen LogP contribution is -2.34. The molecular weight excluding hydrogens is 528 g/mol. The van der Waals surface area contributed by atoms with Gasteiger partial charge in [0.15, 0.2) is 5.11 Å². The number of carbonyl (C=O) groups is 1. The van der Waals surface area contributed by atoms with Gasteiger partial charge in [0.2, 0.25) is 0 Å². The molecule has 7 heteroatoms. The second-order valence-corrected chi connectivity index (χ2v) is 8.79. The van der Waals surface area contributed by atoms with Crippen molar-refractivity contribution in [3.05, 3.63) is 92.4 Å². The first-order chi connectivity index (χ1) is 14.4. The van der Waals surface area contributed by atoms with Crippen LogP contribution in [0, 0.1) is 6.92 Å². The number of halogens is 2. The molecule has 0 bridgehead atoms. The number of thiocarbonyl (C=S) groups is 1. The highest BCUT2D eigenvalue weighted by molar-refractivity contribution is 9.10. The van der Waals surface area contributed by atoms with Gasteiger partial charge in [0.25, 0.3) is 5.91 Å². The summed E-state index contributed by atoms with van der Waals surface area (Å²) >= 11 is 12.2. The SMILES string of the molecule is Cc1ccc(NC(=S)NC(=O)c2cc(Br)ccc2OCCc2ccccc2)c(Br)c1. The number of ether oxygens (including phenoxy) is 1. The van der Waals surface area contributed by atoms with E-state index in [0.29, 0.717) is 17.9 Å². The molecule has 4 nitrogen and oxygen atoms in total. The Morgan fingerprint density at radius 3 is 2.53 bits per heavy atom. The van der Waals surface area contributed by atoms with Gasteiger partial charge in [0.05, 0.1) is 17.9 Å². The van der Waals surface area contributed by atoms with Crippen LogP contribution in [-0.4, -0.2) is 17.6 Å². The summed E-state index contributed by atoms with van der Waals surface area (Å²) < 4.78 is 7.54. The zero-order chi connectivity index (χ0) is 21.5. The summed E-state index contributed by atoms with van der Waals surface area (Å²) in [5.41, 5.74) is 3.48. The topological polar surface area (TPSA) is 50.4 Å². The third-order valence-electron chi connectivity index (χ3n) is 4.28. The first kappa shape index (κ1) is 22.5. The molecule has 0 aliphatic heterocycles. The van der Waals surface area contributed by atoms with E-state index < -0.39 is 0 Å². The van der Waals surface area contributed by atoms with Crippen molar-refractivity contribution in [1.29, 1.82) is 0 Å². The Bertz CT molecular complexity index is 1060. The molecule has 3 rings (SSSR count). The molecule has 0 heterocycles. The van der Waals surface area contributed by atoms with Crippen molar-refractivity contribution >= 4 is 60.8 Å². The number of amides is 1. The molecule has 0 fully saturated rings. The second kappa shape index (κ2) is 10.7. The summed E-state index contributed by atoms with van der Waals surface area (Å²) in [4.78, 5) is 12.8. The third-order valence-corrected chi connectivity index (χ3v) is 5.63. The highest BCUT2D eigenvalue weighted by Gasteiger charge is 2.15. The lowest BCUT2D eigenvalue weighted by Gasteiger charge is -2.14. The Hall–Kier alpha value is -2.22. The molecule has 2 N–H and O–H groups in total. The van der Waals surface area contributed by atoms with Gasteiger partial charge in [-0.05, 0) is 76.5 Å². The Morgan fingerprint density at radius 2 is 1.80 bits per heavy atom. The molecule has 0 spiro atoms. The zero-order valence-corrected chi connectivity index (χ0v) is 20.2. The quantitative estimate of drug-likeness (QED) is 0.357. The van der Waals surface area contributed by atoms with Gasteiger partial charge in [-0.2, -0.15) is 0 Å². The normalized spacial score (nSPS) is 10.4. The minimum atomic E-state index is -0.341. The summed E-state index contributed by atoms with van der Waals surface area (Å²) in [5.74, 6) is 0.165. The molecule has 0 atom stereocenters. The van der Waals surface area contributed by atoms with Crippen LogP contribution in [0.25, 0.3) is 0 Å². The predicted molar refractivity (Wildman–Crippen MR) is 132 cm³/mol. The maximum Gasteiger partial charge on any atom is 0.261 e. The first-order valence-corrected chi connectivity index (χ1v) is 11.3. The van der Waals surface area contributed by atoms with Crippen LogP contribution < -0.4 is 15.4 Å². The van der Waals surface area contributed by atoms with Crippen molar-refractivity contribution in [2.45, 2.75) is 13.3 Å². The molecule has 0 aliphatic carbocycles. The number of nitrogens with one attached hydrogen (secondary N) is 2. The minimum Gasteiger partial charge on any atom is -0.492 e. The van der Waals surface area contributed by atoms with E-state index in [1.807, 2.05) is 61.5 Å². The fraction of sp³-hybridized carbons (Fsp3) is 0.130. The summed E-state index contributed by atoms with van der Waals surface area (Å²) in [6, 6.07) is 21.2. The average molecular weight is 548 g/mol. The Morgan fingerprint density at radius 1 is 1.03 bits per heavy atom. The fourth-order valence-corrected chi connectivity index (χ4v) is 3.93. The molecule has 0 unspecified atom stereocenters. The number of benzene rings is 3. The zero-order valence-electron chi connectivity index (χ0n) is 16.2. The Kier molecular flexibility index (Phi) is 8.01. The molecule has 154 valence electrons. The number of carbonyl (C=O) groups excluding carboxylic acids is 1. The van der Waals surface area contributed by atoms with Crippen molar-refractivity contribution in [2.75, 3.05) is 11.9 Å². The van der Waals surface area contributed by atoms with Gasteiger partial charge in [-0.1, -0.05) is 52.3 Å². The predicted octanol–water partition coefficient (Wildman–Crippen LogP) is 6.27. The van der Waals surface area contributed by atoms with Gasteiger partial charge in [-0.3, -0.25) is 10.1 Å². The van der Waals surface area contributed by atoms with Crippen molar-refractivity contribution in [2.24, 2.45) is 0 Å². The maximum absolute atomic E-state index is 12.8. The van der Waals surface area contributed by atoms with Gasteiger partial charge >= 0.3 is 0 Å². The lowest BCUT2D eigenvalue weighted by atomic mass is 10.1. The van der Waals surface area contributed by atoms with Crippen LogP contribution in [0.5, 0.6) is 5.75 Å². The number of hydrogen-bond donors (Lipinski definition) is 2. The average Bonchev–Trinajstić information content (AvgIpc) is 2.72. The molecule has 0 aliphatic rings. The molecular formula is C23H20Br2N2O2S. The largest absolute Gasteiger partial charge is 0.492 e. The van der Waals surface area contributed by atoms with Crippen LogP contribution in [0.3, 0.4) is 0 Å². The standard InChI is InChI=1S/C23H20Br2N2O2S/c1-15-7-9-20(19(25)13-15)26-23(30)27-22(28)18-14-17(24)8-10-21(18)29-12-11-16-5-3-2-4-6-16/h2-10,13-14H,11-12H2,1H3,(H2,26,27,28,30). The molecule has 3 aromatic carbocycles. The lowest BCUT2D eigenvalue weighted by molar-refractivity contribution is 0.0973. The third kappa shape index (κ3) is 6.39. The van der Waals surface area contributed by atoms with Crippen molar-refractivity contribution in [3.8, 4) is 5.75 Å². The van der Waals surface area contributed by atoms with E-state index in [2.05, 4.69) is 42.5 Å². The second-order valence-electron chi connectivity index (χ2n) is 6.62. The van der Waals surface area contributed by atoms with E-state index in [-0.39, 0.29) is 11.0 Å². The molecule has 0 aromatic heterocycles. The van der Waals surface area contributed by atoms with Crippen LogP contribution in [0.4, 0.5) is 5.69 Å². The number of rotatable bonds is 6. The van der Waals surface area contributed by atoms with Gasteiger partial charge in [0.1, 0.15) is 5.75 Å². The van der Waals surface area contributed by atoms with E-state index in [0.717, 1.165) is 26.6 Å². The first-order valence-electron chi connectivity index (χ1n) is 9.27. The van der Waals surface area contributed by atoms with Crippen LogP contribution in [0.15, 0.2) is 75.7 Å². The number of anilines is 1. The summed E-state index contributed by atoms with van der Waals surface area (Å²) in [6.07, 6.45) is 0.749. The van der Waals surface area contributed by atoms with Gasteiger partial charge in [-0.15, -0.1) is 0 Å². The smallest absolute Gasteiger partial charge is 0.261 e. The van der Waals surface area contributed by atoms with Crippen molar-refractivity contribution in [3.63, 3.8) is 0 Å². The van der Waals surface area contributed by atoms with Crippen LogP contribution in [0.2, 0.25) is 0 Å². The van der Waals surface area contributed by atoms with Gasteiger partial charge in [-0.25, -0.2) is 0 Å². The minimum absolute atomic E-state index is 0.208. The molecule has 30 heavy (non-hydrogen) atoms.